The summed E-state index contributed by atoms with van der Waals surface area (Å²) in [6, 6.07) is 0. The Kier molecular flexibility index (Phi) is 2.29. The third-order valence-corrected chi connectivity index (χ3v) is 4.39. The molecule has 1 fully saturated rings. The molecule has 0 radical (unpaired) electrons. The van der Waals surface area contributed by atoms with E-state index < -0.39 is 0 Å². The minimum atomic E-state index is -0.0306. The van der Waals surface area contributed by atoms with Crippen LogP contribution in [0, 0.1) is 17.3 Å². The van der Waals surface area contributed by atoms with Crippen molar-refractivity contribution in [3.8, 4) is 0 Å². The SMILES string of the molecule is CC1=CCC2(C)C(=O)CCC(C)C2C1. The van der Waals surface area contributed by atoms with Crippen molar-refractivity contribution < 1.29 is 4.79 Å². The molecule has 1 nitrogen and oxygen atoms in total. The lowest BCUT2D eigenvalue weighted by Crippen LogP contribution is -2.44. The topological polar surface area (TPSA) is 17.1 Å². The molecule has 0 spiro atoms. The fraction of sp³-hybridized carbons (Fsp3) is 0.769. The summed E-state index contributed by atoms with van der Waals surface area (Å²) < 4.78 is 0. The van der Waals surface area contributed by atoms with E-state index in [1.165, 1.54) is 5.57 Å². The van der Waals surface area contributed by atoms with Gasteiger partial charge in [-0.05, 0) is 38.0 Å². The van der Waals surface area contributed by atoms with Gasteiger partial charge >= 0.3 is 0 Å². The average molecular weight is 192 g/mol. The summed E-state index contributed by atoms with van der Waals surface area (Å²) in [5, 5.41) is 0. The third kappa shape index (κ3) is 1.34. The molecule has 2 aliphatic rings. The molecule has 0 aromatic rings. The van der Waals surface area contributed by atoms with Crippen molar-refractivity contribution in [1.29, 1.82) is 0 Å². The van der Waals surface area contributed by atoms with Crippen LogP contribution in [-0.2, 0) is 4.79 Å². The number of Topliss-reactive ketones (excluding diaryl/α,β-unsaturated/α-hetero) is 1. The van der Waals surface area contributed by atoms with Gasteiger partial charge in [-0.25, -0.2) is 0 Å². The van der Waals surface area contributed by atoms with Gasteiger partial charge in [0.05, 0.1) is 0 Å². The predicted octanol–water partition coefficient (Wildman–Crippen LogP) is 3.35. The molecule has 0 bridgehead atoms. The van der Waals surface area contributed by atoms with Crippen molar-refractivity contribution in [3.05, 3.63) is 11.6 Å². The molecular formula is C13H20O. The van der Waals surface area contributed by atoms with Crippen LogP contribution in [0.15, 0.2) is 11.6 Å². The highest BCUT2D eigenvalue weighted by Crippen LogP contribution is 2.49. The minimum Gasteiger partial charge on any atom is -0.299 e. The summed E-state index contributed by atoms with van der Waals surface area (Å²) in [7, 11) is 0. The second-order valence-electron chi connectivity index (χ2n) is 5.42. The van der Waals surface area contributed by atoms with Crippen molar-refractivity contribution in [3.63, 3.8) is 0 Å². The van der Waals surface area contributed by atoms with Gasteiger partial charge < -0.3 is 0 Å². The number of rotatable bonds is 0. The predicted molar refractivity (Wildman–Crippen MR) is 58.0 cm³/mol. The molecule has 14 heavy (non-hydrogen) atoms. The number of carbonyl (C=O) groups excluding carboxylic acids is 1. The highest BCUT2D eigenvalue weighted by atomic mass is 16.1. The number of ketones is 1. The quantitative estimate of drug-likeness (QED) is 0.538. The summed E-state index contributed by atoms with van der Waals surface area (Å²) in [4.78, 5) is 12.0. The van der Waals surface area contributed by atoms with E-state index in [1.54, 1.807) is 0 Å². The van der Waals surface area contributed by atoms with Crippen LogP contribution in [0.1, 0.15) is 46.5 Å². The first-order valence-corrected chi connectivity index (χ1v) is 5.73. The molecule has 0 N–H and O–H groups in total. The van der Waals surface area contributed by atoms with E-state index in [1.807, 2.05) is 0 Å². The lowest BCUT2D eigenvalue weighted by Gasteiger charge is -2.46. The molecule has 0 saturated heterocycles. The maximum Gasteiger partial charge on any atom is 0.139 e. The summed E-state index contributed by atoms with van der Waals surface area (Å²) in [6.45, 7) is 6.69. The number of allylic oxidation sites excluding steroid dienone is 2. The van der Waals surface area contributed by atoms with Crippen LogP contribution < -0.4 is 0 Å². The monoisotopic (exact) mass is 192 g/mol. The number of hydrogen-bond acceptors (Lipinski definition) is 1. The first kappa shape index (κ1) is 9.95. The van der Waals surface area contributed by atoms with Crippen LogP contribution in [0.25, 0.3) is 0 Å². The molecule has 3 unspecified atom stereocenters. The summed E-state index contributed by atoms with van der Waals surface area (Å²) in [5.74, 6) is 1.83. The van der Waals surface area contributed by atoms with Gasteiger partial charge in [0.25, 0.3) is 0 Å². The van der Waals surface area contributed by atoms with Crippen LogP contribution in [0.3, 0.4) is 0 Å². The molecule has 1 heteroatoms. The van der Waals surface area contributed by atoms with E-state index in [0.717, 1.165) is 31.6 Å². The van der Waals surface area contributed by atoms with Gasteiger partial charge in [0, 0.05) is 11.8 Å². The van der Waals surface area contributed by atoms with Crippen LogP contribution in [0.5, 0.6) is 0 Å². The van der Waals surface area contributed by atoms with Gasteiger partial charge in [-0.2, -0.15) is 0 Å². The molecule has 78 valence electrons. The molecular weight excluding hydrogens is 172 g/mol. The van der Waals surface area contributed by atoms with Gasteiger partial charge in [0.2, 0.25) is 0 Å². The first-order valence-electron chi connectivity index (χ1n) is 5.73. The van der Waals surface area contributed by atoms with E-state index >= 15 is 0 Å². The Morgan fingerprint density at radius 2 is 2.21 bits per heavy atom. The Bertz CT molecular complexity index is 290. The van der Waals surface area contributed by atoms with Crippen molar-refractivity contribution in [2.45, 2.75) is 46.5 Å². The lowest BCUT2D eigenvalue weighted by molar-refractivity contribution is -0.136. The Morgan fingerprint density at radius 3 is 2.93 bits per heavy atom. The third-order valence-electron chi connectivity index (χ3n) is 4.39. The fourth-order valence-electron chi connectivity index (χ4n) is 3.19. The normalized spacial score (nSPS) is 43.1. The number of fused-ring (bicyclic) bond motifs is 1. The summed E-state index contributed by atoms with van der Waals surface area (Å²) in [5.41, 5.74) is 1.45. The van der Waals surface area contributed by atoms with Crippen molar-refractivity contribution in [1.82, 2.24) is 0 Å². The first-order chi connectivity index (χ1) is 6.54. The van der Waals surface area contributed by atoms with Gasteiger partial charge in [-0.1, -0.05) is 25.5 Å². The zero-order valence-corrected chi connectivity index (χ0v) is 9.47. The summed E-state index contributed by atoms with van der Waals surface area (Å²) in [6.07, 6.45) is 6.30. The Hall–Kier alpha value is -0.590. The van der Waals surface area contributed by atoms with Crippen molar-refractivity contribution >= 4 is 5.78 Å². The Balaban J connectivity index is 2.33. The second-order valence-corrected chi connectivity index (χ2v) is 5.42. The largest absolute Gasteiger partial charge is 0.299 e. The summed E-state index contributed by atoms with van der Waals surface area (Å²) >= 11 is 0. The highest BCUT2D eigenvalue weighted by molar-refractivity contribution is 5.86. The van der Waals surface area contributed by atoms with Gasteiger partial charge in [0.15, 0.2) is 0 Å². The van der Waals surface area contributed by atoms with E-state index in [-0.39, 0.29) is 5.41 Å². The Labute approximate surface area is 86.6 Å². The molecule has 1 saturated carbocycles. The highest BCUT2D eigenvalue weighted by Gasteiger charge is 2.46. The zero-order valence-electron chi connectivity index (χ0n) is 9.47. The average Bonchev–Trinajstić information content (AvgIpc) is 2.16. The Morgan fingerprint density at radius 1 is 1.50 bits per heavy atom. The molecule has 2 rings (SSSR count). The van der Waals surface area contributed by atoms with Gasteiger partial charge in [-0.3, -0.25) is 4.79 Å². The van der Waals surface area contributed by atoms with E-state index in [0.29, 0.717) is 11.7 Å². The van der Waals surface area contributed by atoms with Gasteiger partial charge in [0.1, 0.15) is 5.78 Å². The van der Waals surface area contributed by atoms with Crippen LogP contribution in [0.2, 0.25) is 0 Å². The molecule has 2 aliphatic carbocycles. The molecule has 0 aromatic carbocycles. The van der Waals surface area contributed by atoms with E-state index in [4.69, 9.17) is 0 Å². The van der Waals surface area contributed by atoms with Crippen LogP contribution in [0.4, 0.5) is 0 Å². The maximum atomic E-state index is 12.0. The number of hydrogen-bond donors (Lipinski definition) is 0. The molecule has 0 heterocycles. The molecule has 0 aliphatic heterocycles. The zero-order chi connectivity index (χ0) is 10.3. The molecule has 3 atom stereocenters. The van der Waals surface area contributed by atoms with Crippen LogP contribution >= 0.6 is 0 Å². The van der Waals surface area contributed by atoms with E-state index in [9.17, 15) is 4.79 Å². The molecule has 0 aromatic heterocycles. The maximum absolute atomic E-state index is 12.0. The number of carbonyl (C=O) groups is 1. The van der Waals surface area contributed by atoms with Crippen molar-refractivity contribution in [2.24, 2.45) is 17.3 Å². The lowest BCUT2D eigenvalue weighted by atomic mass is 9.57. The fourth-order valence-corrected chi connectivity index (χ4v) is 3.19. The van der Waals surface area contributed by atoms with Gasteiger partial charge in [-0.15, -0.1) is 0 Å². The standard InChI is InChI=1S/C13H20O/c1-9-6-7-13(3)11(8-9)10(2)4-5-12(13)14/h6,10-11H,4-5,7-8H2,1-3H3. The van der Waals surface area contributed by atoms with Crippen molar-refractivity contribution in [2.75, 3.05) is 0 Å². The minimum absolute atomic E-state index is 0.0306. The molecule has 0 amide bonds. The van der Waals surface area contributed by atoms with Crippen LogP contribution in [-0.4, -0.2) is 5.78 Å². The van der Waals surface area contributed by atoms with E-state index in [2.05, 4.69) is 26.8 Å². The smallest absolute Gasteiger partial charge is 0.139 e. The second kappa shape index (κ2) is 3.22.